The lowest BCUT2D eigenvalue weighted by molar-refractivity contribution is 0.0935. The molecule has 1 aromatic carbocycles. The number of hydrogen-bond donors (Lipinski definition) is 1. The monoisotopic (exact) mass is 280 g/mol. The summed E-state index contributed by atoms with van der Waals surface area (Å²) in [7, 11) is 0. The molecule has 0 bridgehead atoms. The second kappa shape index (κ2) is 5.41. The van der Waals surface area contributed by atoms with Gasteiger partial charge in [0.05, 0.1) is 10.7 Å². The molecular weight excluding hydrogens is 260 g/mol. The molecule has 0 atom stereocenters. The molecule has 0 spiro atoms. The van der Waals surface area contributed by atoms with Crippen LogP contribution in [0.2, 0.25) is 5.02 Å². The van der Waals surface area contributed by atoms with Crippen LogP contribution in [0.3, 0.4) is 0 Å². The Bertz CT molecular complexity index is 479. The van der Waals surface area contributed by atoms with Crippen LogP contribution in [0.1, 0.15) is 44.0 Å². The summed E-state index contributed by atoms with van der Waals surface area (Å²) >= 11 is 6.29. The van der Waals surface area contributed by atoms with E-state index in [0.29, 0.717) is 10.6 Å². The minimum atomic E-state index is -0.0343. The van der Waals surface area contributed by atoms with Crippen LogP contribution in [-0.4, -0.2) is 24.5 Å². The first-order valence-corrected chi connectivity index (χ1v) is 7.24. The van der Waals surface area contributed by atoms with Gasteiger partial charge in [-0.05, 0) is 51.8 Å². The Morgan fingerprint density at radius 3 is 2.47 bits per heavy atom. The van der Waals surface area contributed by atoms with Crippen molar-refractivity contribution >= 4 is 23.2 Å². The molecule has 1 aliphatic rings. The molecule has 19 heavy (non-hydrogen) atoms. The Morgan fingerprint density at radius 1 is 1.37 bits per heavy atom. The normalized spacial score (nSPS) is 16.0. The summed E-state index contributed by atoms with van der Waals surface area (Å²) in [5, 5.41) is 3.68. The van der Waals surface area contributed by atoms with Gasteiger partial charge in [-0.25, -0.2) is 0 Å². The van der Waals surface area contributed by atoms with Crippen LogP contribution in [0.5, 0.6) is 0 Å². The third-order valence-corrected chi connectivity index (χ3v) is 4.03. The van der Waals surface area contributed by atoms with E-state index in [9.17, 15) is 4.79 Å². The van der Waals surface area contributed by atoms with Crippen molar-refractivity contribution in [2.24, 2.45) is 0 Å². The highest BCUT2D eigenvalue weighted by atomic mass is 35.5. The van der Waals surface area contributed by atoms with E-state index in [0.717, 1.165) is 31.6 Å². The molecule has 0 heterocycles. The molecule has 0 radical (unpaired) electrons. The number of carbonyl (C=O) groups is 1. The van der Waals surface area contributed by atoms with Gasteiger partial charge in [-0.15, -0.1) is 0 Å². The fourth-order valence-corrected chi connectivity index (χ4v) is 2.43. The third kappa shape index (κ3) is 3.21. The van der Waals surface area contributed by atoms with Gasteiger partial charge in [0.15, 0.2) is 0 Å². The molecule has 1 fully saturated rings. The number of nitrogens with one attached hydrogen (secondary N) is 1. The molecule has 1 amide bonds. The summed E-state index contributed by atoms with van der Waals surface area (Å²) in [6, 6.07) is 5.54. The van der Waals surface area contributed by atoms with Crippen molar-refractivity contribution in [3.8, 4) is 0 Å². The van der Waals surface area contributed by atoms with Crippen LogP contribution in [0.4, 0.5) is 5.69 Å². The Morgan fingerprint density at radius 2 is 2.00 bits per heavy atom. The Hall–Kier alpha value is -1.22. The number of rotatable bonds is 5. The van der Waals surface area contributed by atoms with Crippen molar-refractivity contribution in [3.63, 3.8) is 0 Å². The van der Waals surface area contributed by atoms with Gasteiger partial charge >= 0.3 is 0 Å². The largest absolute Gasteiger partial charge is 0.371 e. The highest BCUT2D eigenvalue weighted by molar-refractivity contribution is 6.33. The van der Waals surface area contributed by atoms with Gasteiger partial charge in [0.1, 0.15) is 0 Å². The molecule has 2 rings (SSSR count). The fraction of sp³-hybridized carbons (Fsp3) is 0.533. The number of carbonyl (C=O) groups excluding carboxylic acids is 1. The van der Waals surface area contributed by atoms with Gasteiger partial charge in [0.25, 0.3) is 5.91 Å². The quantitative estimate of drug-likeness (QED) is 0.896. The van der Waals surface area contributed by atoms with E-state index in [1.807, 2.05) is 12.1 Å². The number of halogens is 1. The highest BCUT2D eigenvalue weighted by Gasteiger charge is 2.38. The molecule has 0 aromatic heterocycles. The predicted molar refractivity (Wildman–Crippen MR) is 80.1 cm³/mol. The van der Waals surface area contributed by atoms with Gasteiger partial charge < -0.3 is 10.2 Å². The molecule has 0 aliphatic heterocycles. The highest BCUT2D eigenvalue weighted by Crippen LogP contribution is 2.35. The standard InChI is InChI=1S/C15H21ClN2O/c1-4-18(5-2)13-7-6-11(10-12(13)16)14(19)17-15(3)8-9-15/h6-7,10H,4-5,8-9H2,1-3H3,(H,17,19). The van der Waals surface area contributed by atoms with Crippen molar-refractivity contribution in [1.29, 1.82) is 0 Å². The summed E-state index contributed by atoms with van der Waals surface area (Å²) in [5.74, 6) is -0.0343. The first-order chi connectivity index (χ1) is 8.99. The van der Waals surface area contributed by atoms with Crippen molar-refractivity contribution in [2.45, 2.75) is 39.2 Å². The number of anilines is 1. The number of hydrogen-bond acceptors (Lipinski definition) is 2. The van der Waals surface area contributed by atoms with Gasteiger partial charge in [0, 0.05) is 24.2 Å². The lowest BCUT2D eigenvalue weighted by Gasteiger charge is -2.22. The third-order valence-electron chi connectivity index (χ3n) is 3.73. The predicted octanol–water partition coefficient (Wildman–Crippen LogP) is 3.47. The maximum Gasteiger partial charge on any atom is 0.251 e. The maximum absolute atomic E-state index is 12.1. The van der Waals surface area contributed by atoms with Gasteiger partial charge in [-0.2, -0.15) is 0 Å². The fourth-order valence-electron chi connectivity index (χ4n) is 2.13. The van der Waals surface area contributed by atoms with E-state index in [-0.39, 0.29) is 11.4 Å². The van der Waals surface area contributed by atoms with Crippen molar-refractivity contribution in [1.82, 2.24) is 5.32 Å². The van der Waals surface area contributed by atoms with E-state index < -0.39 is 0 Å². The molecular formula is C15H21ClN2O. The molecule has 0 saturated heterocycles. The summed E-state index contributed by atoms with van der Waals surface area (Å²) in [6.07, 6.45) is 2.12. The Labute approximate surface area is 119 Å². The minimum Gasteiger partial charge on any atom is -0.371 e. The van der Waals surface area contributed by atoms with E-state index >= 15 is 0 Å². The average molecular weight is 281 g/mol. The van der Waals surface area contributed by atoms with Crippen molar-refractivity contribution in [3.05, 3.63) is 28.8 Å². The van der Waals surface area contributed by atoms with Crippen LogP contribution in [-0.2, 0) is 0 Å². The summed E-state index contributed by atoms with van der Waals surface area (Å²) in [4.78, 5) is 14.3. The summed E-state index contributed by atoms with van der Waals surface area (Å²) < 4.78 is 0. The second-order valence-electron chi connectivity index (χ2n) is 5.35. The molecule has 1 N–H and O–H groups in total. The Balaban J connectivity index is 2.16. The lowest BCUT2D eigenvalue weighted by Crippen LogP contribution is -2.34. The summed E-state index contributed by atoms with van der Waals surface area (Å²) in [6.45, 7) is 8.05. The van der Waals surface area contributed by atoms with Gasteiger partial charge in [-0.1, -0.05) is 11.6 Å². The average Bonchev–Trinajstić information content (AvgIpc) is 3.10. The van der Waals surface area contributed by atoms with Crippen LogP contribution >= 0.6 is 11.6 Å². The first kappa shape index (κ1) is 14.2. The SMILES string of the molecule is CCN(CC)c1ccc(C(=O)NC2(C)CC2)cc1Cl. The lowest BCUT2D eigenvalue weighted by atomic mass is 10.1. The second-order valence-corrected chi connectivity index (χ2v) is 5.76. The topological polar surface area (TPSA) is 32.3 Å². The van der Waals surface area contributed by atoms with Crippen molar-refractivity contribution in [2.75, 3.05) is 18.0 Å². The molecule has 3 nitrogen and oxygen atoms in total. The smallest absolute Gasteiger partial charge is 0.251 e. The number of nitrogens with zero attached hydrogens (tertiary/aromatic N) is 1. The van der Waals surface area contributed by atoms with Gasteiger partial charge in [0.2, 0.25) is 0 Å². The zero-order chi connectivity index (χ0) is 14.0. The van der Waals surface area contributed by atoms with E-state index in [1.54, 1.807) is 6.07 Å². The Kier molecular flexibility index (Phi) is 4.04. The first-order valence-electron chi connectivity index (χ1n) is 6.86. The van der Waals surface area contributed by atoms with E-state index in [1.165, 1.54) is 0 Å². The van der Waals surface area contributed by atoms with E-state index in [4.69, 9.17) is 11.6 Å². The minimum absolute atomic E-state index is 0.00109. The van der Waals surface area contributed by atoms with Crippen molar-refractivity contribution < 1.29 is 4.79 Å². The number of amides is 1. The molecule has 104 valence electrons. The molecule has 0 unspecified atom stereocenters. The van der Waals surface area contributed by atoms with Crippen LogP contribution in [0.25, 0.3) is 0 Å². The number of benzene rings is 1. The molecule has 1 saturated carbocycles. The van der Waals surface area contributed by atoms with Crippen LogP contribution in [0, 0.1) is 0 Å². The van der Waals surface area contributed by atoms with Gasteiger partial charge in [-0.3, -0.25) is 4.79 Å². The summed E-state index contributed by atoms with van der Waals surface area (Å²) in [5.41, 5.74) is 1.62. The van der Waals surface area contributed by atoms with E-state index in [2.05, 4.69) is 31.0 Å². The molecule has 1 aliphatic carbocycles. The zero-order valence-electron chi connectivity index (χ0n) is 11.8. The van der Waals surface area contributed by atoms with Crippen LogP contribution in [0.15, 0.2) is 18.2 Å². The maximum atomic E-state index is 12.1. The molecule has 1 aromatic rings. The molecule has 4 heteroatoms. The zero-order valence-corrected chi connectivity index (χ0v) is 12.5. The van der Waals surface area contributed by atoms with Crippen LogP contribution < -0.4 is 10.2 Å².